The van der Waals surface area contributed by atoms with E-state index in [2.05, 4.69) is 41.0 Å². The van der Waals surface area contributed by atoms with Crippen molar-refractivity contribution in [3.05, 3.63) is 82.8 Å². The predicted octanol–water partition coefficient (Wildman–Crippen LogP) is 5.44. The van der Waals surface area contributed by atoms with Gasteiger partial charge in [0.25, 0.3) is 0 Å². The van der Waals surface area contributed by atoms with Crippen LogP contribution in [0.25, 0.3) is 22.4 Å². The number of fused-ring (bicyclic) bond motifs is 1. The Morgan fingerprint density at radius 2 is 1.85 bits per heavy atom. The fraction of sp³-hybridized carbons (Fsp3) is 0. The molecule has 27 heavy (non-hydrogen) atoms. The van der Waals surface area contributed by atoms with E-state index < -0.39 is 5.91 Å². The summed E-state index contributed by atoms with van der Waals surface area (Å²) in [5, 5.41) is 7.64. The first-order valence-electron chi connectivity index (χ1n) is 8.16. The zero-order valence-corrected chi connectivity index (χ0v) is 15.6. The molecule has 0 aliphatic carbocycles. The molecule has 0 unspecified atom stereocenters. The summed E-state index contributed by atoms with van der Waals surface area (Å²) >= 11 is 3.32. The summed E-state index contributed by atoms with van der Waals surface area (Å²) in [6.07, 6.45) is 0. The summed E-state index contributed by atoms with van der Waals surface area (Å²) in [4.78, 5) is 23.5. The van der Waals surface area contributed by atoms with Gasteiger partial charge in [0.05, 0.1) is 16.6 Å². The average Bonchev–Trinajstić information content (AvgIpc) is 3.12. The molecule has 0 aliphatic heterocycles. The Kier molecular flexibility index (Phi) is 4.70. The SMILES string of the molecule is O=C(N=[N+]=Nc1ccc2nc(-c3ccccc3)[nH]c2c1)c1cccc(Br)c1. The van der Waals surface area contributed by atoms with Gasteiger partial charge < -0.3 is 4.98 Å². The van der Waals surface area contributed by atoms with Crippen LogP contribution in [0.4, 0.5) is 5.69 Å². The van der Waals surface area contributed by atoms with Gasteiger partial charge in [0.2, 0.25) is 10.0 Å². The molecule has 0 spiro atoms. The van der Waals surface area contributed by atoms with Gasteiger partial charge in [0.1, 0.15) is 5.82 Å². The summed E-state index contributed by atoms with van der Waals surface area (Å²) in [6.45, 7) is 0. The third-order valence-electron chi connectivity index (χ3n) is 3.88. The molecule has 0 saturated heterocycles. The number of carbonyl (C=O) groups excluding carboxylic acids is 1. The number of benzene rings is 3. The molecule has 6 nitrogen and oxygen atoms in total. The second-order valence-electron chi connectivity index (χ2n) is 5.76. The van der Waals surface area contributed by atoms with Gasteiger partial charge in [-0.15, -0.1) is 0 Å². The number of rotatable bonds is 3. The highest BCUT2D eigenvalue weighted by Crippen LogP contribution is 2.23. The van der Waals surface area contributed by atoms with E-state index >= 15 is 0 Å². The van der Waals surface area contributed by atoms with Crippen LogP contribution < -0.4 is 4.91 Å². The number of carbonyl (C=O) groups is 1. The van der Waals surface area contributed by atoms with Crippen molar-refractivity contribution in [3.63, 3.8) is 0 Å². The van der Waals surface area contributed by atoms with Gasteiger partial charge >= 0.3 is 5.91 Å². The van der Waals surface area contributed by atoms with E-state index in [9.17, 15) is 4.79 Å². The fourth-order valence-electron chi connectivity index (χ4n) is 2.59. The number of aromatic nitrogens is 2. The van der Waals surface area contributed by atoms with Crippen molar-refractivity contribution in [2.75, 3.05) is 0 Å². The Morgan fingerprint density at radius 3 is 2.67 bits per heavy atom. The molecular formula is C20H13BrN5O+. The zero-order valence-electron chi connectivity index (χ0n) is 14.0. The van der Waals surface area contributed by atoms with E-state index in [1.165, 1.54) is 0 Å². The number of imidazole rings is 1. The van der Waals surface area contributed by atoms with Gasteiger partial charge in [-0.1, -0.05) is 52.3 Å². The van der Waals surface area contributed by atoms with E-state index in [4.69, 9.17) is 0 Å². The van der Waals surface area contributed by atoms with Gasteiger partial charge in [0.15, 0.2) is 10.8 Å². The molecule has 0 radical (unpaired) electrons. The van der Waals surface area contributed by atoms with Crippen LogP contribution in [0.5, 0.6) is 0 Å². The number of hydrogen-bond donors (Lipinski definition) is 1. The van der Waals surface area contributed by atoms with Crippen LogP contribution in [0.1, 0.15) is 10.4 Å². The van der Waals surface area contributed by atoms with Gasteiger partial charge in [-0.3, -0.25) is 4.79 Å². The Balaban J connectivity index is 1.59. The van der Waals surface area contributed by atoms with Gasteiger partial charge in [-0.05, 0) is 36.4 Å². The van der Waals surface area contributed by atoms with Crippen molar-refractivity contribution in [2.24, 2.45) is 10.2 Å². The van der Waals surface area contributed by atoms with Crippen LogP contribution in [0.2, 0.25) is 0 Å². The number of nitrogens with zero attached hydrogens (tertiary/aromatic N) is 4. The number of hydrogen-bond acceptors (Lipinski definition) is 3. The largest absolute Gasteiger partial charge is 0.360 e. The average molecular weight is 419 g/mol. The maximum Gasteiger partial charge on any atom is 0.360 e. The van der Waals surface area contributed by atoms with E-state index in [1.807, 2.05) is 48.5 Å². The van der Waals surface area contributed by atoms with Crippen LogP contribution in [0, 0.1) is 0 Å². The second-order valence-corrected chi connectivity index (χ2v) is 6.67. The summed E-state index contributed by atoms with van der Waals surface area (Å²) in [5.74, 6) is 0.336. The lowest BCUT2D eigenvalue weighted by Crippen LogP contribution is -1.94. The lowest BCUT2D eigenvalue weighted by Gasteiger charge is -1.93. The number of halogens is 1. The molecule has 0 fully saturated rings. The monoisotopic (exact) mass is 418 g/mol. The molecule has 7 heteroatoms. The van der Waals surface area contributed by atoms with Crippen LogP contribution in [0.3, 0.4) is 0 Å². The molecule has 0 bridgehead atoms. The third-order valence-corrected chi connectivity index (χ3v) is 4.37. The standard InChI is InChI=1S/C20H12BrN5O/c21-15-8-4-7-14(11-15)20(27)25-26-24-16-9-10-17-18(12-16)23-19(22-17)13-5-2-1-3-6-13/h1-12H/p+1. The lowest BCUT2D eigenvalue weighted by atomic mass is 10.2. The van der Waals surface area contributed by atoms with Crippen molar-refractivity contribution in [1.29, 1.82) is 0 Å². The lowest BCUT2D eigenvalue weighted by molar-refractivity contribution is 0.0992. The number of H-pyrrole nitrogens is 1. The molecule has 4 aromatic rings. The first kappa shape index (κ1) is 17.0. The van der Waals surface area contributed by atoms with Crippen LogP contribution in [0.15, 0.2) is 87.5 Å². The normalized spacial score (nSPS) is 10.4. The maximum absolute atomic E-state index is 12.0. The highest BCUT2D eigenvalue weighted by molar-refractivity contribution is 9.10. The van der Waals surface area contributed by atoms with Gasteiger partial charge in [0, 0.05) is 10.0 Å². The fourth-order valence-corrected chi connectivity index (χ4v) is 2.99. The minimum Gasteiger partial charge on any atom is -0.338 e. The first-order chi connectivity index (χ1) is 13.2. The van der Waals surface area contributed by atoms with Crippen LogP contribution >= 0.6 is 15.9 Å². The quantitative estimate of drug-likeness (QED) is 0.354. The molecule has 130 valence electrons. The Hall–Kier alpha value is -3.41. The van der Waals surface area contributed by atoms with E-state index in [-0.39, 0.29) is 0 Å². The van der Waals surface area contributed by atoms with E-state index in [1.54, 1.807) is 24.3 Å². The summed E-state index contributed by atoms with van der Waals surface area (Å²) in [6, 6.07) is 22.3. The minimum absolute atomic E-state index is 0.444. The highest BCUT2D eigenvalue weighted by Gasteiger charge is 2.10. The van der Waals surface area contributed by atoms with Crippen LogP contribution in [-0.2, 0) is 0 Å². The van der Waals surface area contributed by atoms with Crippen LogP contribution in [-0.4, -0.2) is 15.9 Å². The van der Waals surface area contributed by atoms with Crippen molar-refractivity contribution >= 4 is 38.6 Å². The first-order valence-corrected chi connectivity index (χ1v) is 8.95. The number of aromatic amines is 1. The minimum atomic E-state index is -0.450. The molecular weight excluding hydrogens is 406 g/mol. The maximum atomic E-state index is 12.0. The zero-order chi connectivity index (χ0) is 18.6. The van der Waals surface area contributed by atoms with Crippen molar-refractivity contribution < 1.29 is 4.79 Å². The Labute approximate surface area is 162 Å². The molecule has 0 atom stereocenters. The number of nitrogens with one attached hydrogen (secondary N) is 1. The second kappa shape index (κ2) is 7.45. The summed E-state index contributed by atoms with van der Waals surface area (Å²) in [5.41, 5.74) is 3.70. The molecule has 0 aliphatic rings. The summed E-state index contributed by atoms with van der Waals surface area (Å²) in [7, 11) is 0. The van der Waals surface area contributed by atoms with Gasteiger partial charge in [-0.2, -0.15) is 0 Å². The van der Waals surface area contributed by atoms with Gasteiger partial charge in [-0.25, -0.2) is 4.98 Å². The van der Waals surface area contributed by atoms with Crippen molar-refractivity contribution in [2.45, 2.75) is 0 Å². The van der Waals surface area contributed by atoms with Crippen molar-refractivity contribution in [1.82, 2.24) is 14.9 Å². The molecule has 4 rings (SSSR count). The molecule has 1 amide bonds. The number of amides is 1. The molecule has 0 saturated carbocycles. The molecule has 1 heterocycles. The predicted molar refractivity (Wildman–Crippen MR) is 107 cm³/mol. The molecule has 1 N–H and O–H groups in total. The van der Waals surface area contributed by atoms with Crippen molar-refractivity contribution in [3.8, 4) is 11.4 Å². The molecule has 1 aromatic heterocycles. The molecule has 3 aromatic carbocycles. The Bertz CT molecular complexity index is 1190. The smallest absolute Gasteiger partial charge is 0.338 e. The highest BCUT2D eigenvalue weighted by atomic mass is 79.9. The van der Waals surface area contributed by atoms with E-state index in [0.717, 1.165) is 26.9 Å². The third kappa shape index (κ3) is 3.89. The van der Waals surface area contributed by atoms with E-state index in [0.29, 0.717) is 11.3 Å². The summed E-state index contributed by atoms with van der Waals surface area (Å²) < 4.78 is 0.805. The Morgan fingerprint density at radius 1 is 1.00 bits per heavy atom. The topological polar surface area (TPSA) is 84.6 Å².